The van der Waals surface area contributed by atoms with Crippen LogP contribution in [0.2, 0.25) is 0 Å². The molecule has 0 unspecified atom stereocenters. The molecule has 1 aromatic heterocycles. The van der Waals surface area contributed by atoms with Gasteiger partial charge in [-0.25, -0.2) is 4.79 Å². The number of carbonyl (C=O) groups is 1. The summed E-state index contributed by atoms with van der Waals surface area (Å²) in [4.78, 5) is 11.0. The molecule has 0 aromatic carbocycles. The highest BCUT2D eigenvalue weighted by atomic mass is 32.1. The second kappa shape index (κ2) is 4.97. The average molecular weight is 200 g/mol. The minimum Gasteiger partial charge on any atom is -0.463 e. The van der Waals surface area contributed by atoms with Gasteiger partial charge in [-0.3, -0.25) is 0 Å². The minimum atomic E-state index is -0.433. The van der Waals surface area contributed by atoms with E-state index in [9.17, 15) is 4.79 Å². The lowest BCUT2D eigenvalue weighted by Crippen LogP contribution is -1.98. The van der Waals surface area contributed by atoms with Crippen LogP contribution in [-0.4, -0.2) is 18.8 Å². The van der Waals surface area contributed by atoms with E-state index in [0.717, 1.165) is 24.4 Å². The number of esters is 1. The largest absolute Gasteiger partial charge is 0.463 e. The predicted octanol–water partition coefficient (Wildman–Crippen LogP) is 1.93. The van der Waals surface area contributed by atoms with Crippen molar-refractivity contribution in [2.45, 2.75) is 12.8 Å². The van der Waals surface area contributed by atoms with E-state index in [1.807, 2.05) is 0 Å². The van der Waals surface area contributed by atoms with Crippen LogP contribution in [0.5, 0.6) is 0 Å². The van der Waals surface area contributed by atoms with E-state index in [0.29, 0.717) is 0 Å². The molecule has 0 saturated heterocycles. The second-order valence-corrected chi connectivity index (χ2v) is 3.03. The van der Waals surface area contributed by atoms with Crippen LogP contribution in [0.15, 0.2) is 16.5 Å². The van der Waals surface area contributed by atoms with E-state index in [4.69, 9.17) is 4.42 Å². The maximum Gasteiger partial charge on any atom is 0.373 e. The summed E-state index contributed by atoms with van der Waals surface area (Å²) in [6, 6.07) is 3.41. The lowest BCUT2D eigenvalue weighted by Gasteiger charge is -1.94. The lowest BCUT2D eigenvalue weighted by molar-refractivity contribution is 0.0563. The third-order valence-electron chi connectivity index (χ3n) is 1.63. The van der Waals surface area contributed by atoms with Crippen molar-refractivity contribution >= 4 is 18.6 Å². The highest BCUT2D eigenvalue weighted by Gasteiger charge is 2.10. The van der Waals surface area contributed by atoms with Crippen molar-refractivity contribution in [2.24, 2.45) is 0 Å². The molecule has 1 heterocycles. The van der Waals surface area contributed by atoms with Gasteiger partial charge >= 0.3 is 5.97 Å². The van der Waals surface area contributed by atoms with Gasteiger partial charge in [0.25, 0.3) is 0 Å². The van der Waals surface area contributed by atoms with Crippen LogP contribution >= 0.6 is 12.6 Å². The number of aryl methyl sites for hydroxylation is 1. The van der Waals surface area contributed by atoms with Gasteiger partial charge in [0.2, 0.25) is 5.76 Å². The van der Waals surface area contributed by atoms with Gasteiger partial charge in [0, 0.05) is 6.42 Å². The Morgan fingerprint density at radius 2 is 2.38 bits per heavy atom. The van der Waals surface area contributed by atoms with Crippen molar-refractivity contribution in [3.63, 3.8) is 0 Å². The Hall–Kier alpha value is -0.900. The first-order valence-corrected chi connectivity index (χ1v) is 4.69. The van der Waals surface area contributed by atoms with E-state index in [1.54, 1.807) is 12.1 Å². The van der Waals surface area contributed by atoms with Gasteiger partial charge < -0.3 is 9.15 Å². The summed E-state index contributed by atoms with van der Waals surface area (Å²) in [6.07, 6.45) is 1.75. The third-order valence-corrected chi connectivity index (χ3v) is 1.95. The van der Waals surface area contributed by atoms with Gasteiger partial charge in [-0.05, 0) is 24.3 Å². The van der Waals surface area contributed by atoms with E-state index in [1.165, 1.54) is 7.11 Å². The Morgan fingerprint density at radius 3 is 3.00 bits per heavy atom. The van der Waals surface area contributed by atoms with Crippen molar-refractivity contribution < 1.29 is 13.9 Å². The van der Waals surface area contributed by atoms with Gasteiger partial charge in [-0.1, -0.05) is 0 Å². The quantitative estimate of drug-likeness (QED) is 0.596. The van der Waals surface area contributed by atoms with Crippen molar-refractivity contribution in [1.82, 2.24) is 0 Å². The number of ether oxygens (including phenoxy) is 1. The molecule has 0 saturated carbocycles. The van der Waals surface area contributed by atoms with Crippen molar-refractivity contribution in [2.75, 3.05) is 12.9 Å². The topological polar surface area (TPSA) is 39.4 Å². The summed E-state index contributed by atoms with van der Waals surface area (Å²) in [6.45, 7) is 0. The van der Waals surface area contributed by atoms with Crippen LogP contribution < -0.4 is 0 Å². The molecule has 0 amide bonds. The maximum atomic E-state index is 11.0. The summed E-state index contributed by atoms with van der Waals surface area (Å²) >= 11 is 4.08. The Bertz CT molecular complexity index is 280. The first kappa shape index (κ1) is 10.2. The standard InChI is InChI=1S/C9H12O3S/c1-11-9(10)8-5-4-7(12-8)3-2-6-13/h4-5,13H,2-3,6H2,1H3. The molecule has 0 N–H and O–H groups in total. The molecule has 4 heteroatoms. The van der Waals surface area contributed by atoms with E-state index >= 15 is 0 Å². The number of rotatable bonds is 4. The first-order valence-electron chi connectivity index (χ1n) is 4.06. The first-order chi connectivity index (χ1) is 6.27. The predicted molar refractivity (Wildman–Crippen MR) is 52.2 cm³/mol. The molecule has 0 spiro atoms. The number of carbonyl (C=O) groups excluding carboxylic acids is 1. The van der Waals surface area contributed by atoms with Gasteiger partial charge in [0.1, 0.15) is 5.76 Å². The van der Waals surface area contributed by atoms with Crippen LogP contribution in [-0.2, 0) is 11.2 Å². The summed E-state index contributed by atoms with van der Waals surface area (Å²) in [5.74, 6) is 1.44. The van der Waals surface area contributed by atoms with Crippen molar-refractivity contribution in [1.29, 1.82) is 0 Å². The minimum absolute atomic E-state index is 0.261. The summed E-state index contributed by atoms with van der Waals surface area (Å²) in [7, 11) is 1.33. The van der Waals surface area contributed by atoms with E-state index in [-0.39, 0.29) is 5.76 Å². The fourth-order valence-electron chi connectivity index (χ4n) is 0.976. The molecule has 1 aromatic rings. The number of hydrogen-bond acceptors (Lipinski definition) is 4. The number of methoxy groups -OCH3 is 1. The van der Waals surface area contributed by atoms with Gasteiger partial charge in [0.15, 0.2) is 0 Å². The smallest absolute Gasteiger partial charge is 0.373 e. The normalized spacial score (nSPS) is 10.0. The summed E-state index contributed by atoms with van der Waals surface area (Å²) < 4.78 is 9.74. The monoisotopic (exact) mass is 200 g/mol. The van der Waals surface area contributed by atoms with Gasteiger partial charge in [-0.15, -0.1) is 0 Å². The SMILES string of the molecule is COC(=O)c1ccc(CCCS)o1. The molecule has 0 fully saturated rings. The Morgan fingerprint density at radius 1 is 1.62 bits per heavy atom. The zero-order valence-corrected chi connectivity index (χ0v) is 8.34. The summed E-state index contributed by atoms with van der Waals surface area (Å²) in [5, 5.41) is 0. The maximum absolute atomic E-state index is 11.0. The van der Waals surface area contributed by atoms with Gasteiger partial charge in [0.05, 0.1) is 7.11 Å². The molecule has 0 atom stereocenters. The molecular formula is C9H12O3S. The fourth-order valence-corrected chi connectivity index (χ4v) is 1.13. The van der Waals surface area contributed by atoms with E-state index < -0.39 is 5.97 Å². The average Bonchev–Trinajstić information content (AvgIpc) is 2.62. The van der Waals surface area contributed by atoms with Crippen molar-refractivity contribution in [3.05, 3.63) is 23.7 Å². The number of hydrogen-bond donors (Lipinski definition) is 1. The zero-order chi connectivity index (χ0) is 9.68. The molecule has 0 radical (unpaired) electrons. The number of thiol groups is 1. The van der Waals surface area contributed by atoms with Crippen LogP contribution in [0, 0.1) is 0 Å². The molecule has 3 nitrogen and oxygen atoms in total. The highest BCUT2D eigenvalue weighted by molar-refractivity contribution is 7.80. The molecular weight excluding hydrogens is 188 g/mol. The van der Waals surface area contributed by atoms with Crippen molar-refractivity contribution in [3.8, 4) is 0 Å². The van der Waals surface area contributed by atoms with Crippen LogP contribution in [0.3, 0.4) is 0 Å². The number of furan rings is 1. The molecule has 72 valence electrons. The molecule has 0 aliphatic rings. The Balaban J connectivity index is 2.58. The van der Waals surface area contributed by atoms with Crippen LogP contribution in [0.1, 0.15) is 22.7 Å². The van der Waals surface area contributed by atoms with Crippen LogP contribution in [0.25, 0.3) is 0 Å². The van der Waals surface area contributed by atoms with Gasteiger partial charge in [-0.2, -0.15) is 12.6 Å². The highest BCUT2D eigenvalue weighted by Crippen LogP contribution is 2.11. The second-order valence-electron chi connectivity index (χ2n) is 2.58. The van der Waals surface area contributed by atoms with Crippen LogP contribution in [0.4, 0.5) is 0 Å². The Kier molecular flexibility index (Phi) is 3.89. The molecule has 1 rings (SSSR count). The molecule has 0 aliphatic carbocycles. The Labute approximate surface area is 82.5 Å². The zero-order valence-electron chi connectivity index (χ0n) is 7.45. The third kappa shape index (κ3) is 2.81. The molecule has 0 aliphatic heterocycles. The lowest BCUT2D eigenvalue weighted by atomic mass is 10.3. The molecule has 13 heavy (non-hydrogen) atoms. The summed E-state index contributed by atoms with van der Waals surface area (Å²) in [5.41, 5.74) is 0. The fraction of sp³-hybridized carbons (Fsp3) is 0.444. The molecule has 0 bridgehead atoms. The van der Waals surface area contributed by atoms with E-state index in [2.05, 4.69) is 17.4 Å².